The molecule has 0 radical (unpaired) electrons. The first-order valence-corrected chi connectivity index (χ1v) is 6.31. The van der Waals surface area contributed by atoms with Crippen molar-refractivity contribution in [3.8, 4) is 28.4 Å². The van der Waals surface area contributed by atoms with Crippen molar-refractivity contribution in [2.45, 2.75) is 27.7 Å². The summed E-state index contributed by atoms with van der Waals surface area (Å²) in [5.41, 5.74) is 2.96. The predicted octanol–water partition coefficient (Wildman–Crippen LogP) is 4.11. The average Bonchev–Trinajstić information content (AvgIpc) is 2.38. The van der Waals surface area contributed by atoms with E-state index >= 15 is 0 Å². The second-order valence-electron chi connectivity index (χ2n) is 4.16. The molecule has 2 rings (SSSR count). The molecular formula is C16H20O3. The van der Waals surface area contributed by atoms with Crippen molar-refractivity contribution >= 4 is 0 Å². The molecule has 0 bridgehead atoms. The van der Waals surface area contributed by atoms with Gasteiger partial charge < -0.3 is 15.3 Å². The van der Waals surface area contributed by atoms with Crippen LogP contribution in [-0.4, -0.2) is 15.3 Å². The highest BCUT2D eigenvalue weighted by Crippen LogP contribution is 2.35. The molecule has 0 heterocycles. The van der Waals surface area contributed by atoms with Crippen LogP contribution in [0.2, 0.25) is 0 Å². The molecule has 0 aliphatic carbocycles. The van der Waals surface area contributed by atoms with E-state index in [1.165, 1.54) is 12.1 Å². The lowest BCUT2D eigenvalue weighted by atomic mass is 9.99. The smallest absolute Gasteiger partial charge is 0.127 e. The van der Waals surface area contributed by atoms with E-state index in [1.54, 1.807) is 18.2 Å². The SMILES string of the molecule is CC.Cc1cc(-c2ccc(O)cc2O)cc(C)c1O. The molecule has 2 aromatic carbocycles. The molecule has 0 aliphatic heterocycles. The third-order valence-electron chi connectivity index (χ3n) is 2.78. The van der Waals surface area contributed by atoms with Crippen LogP contribution < -0.4 is 0 Å². The minimum absolute atomic E-state index is 0.0227. The van der Waals surface area contributed by atoms with Crippen molar-refractivity contribution < 1.29 is 15.3 Å². The van der Waals surface area contributed by atoms with E-state index in [9.17, 15) is 15.3 Å². The van der Waals surface area contributed by atoms with Crippen LogP contribution in [0.5, 0.6) is 17.2 Å². The highest BCUT2D eigenvalue weighted by atomic mass is 16.3. The van der Waals surface area contributed by atoms with E-state index in [1.807, 2.05) is 27.7 Å². The van der Waals surface area contributed by atoms with Gasteiger partial charge in [-0.05, 0) is 54.8 Å². The largest absolute Gasteiger partial charge is 0.508 e. The number of hydrogen-bond donors (Lipinski definition) is 3. The molecule has 0 saturated carbocycles. The van der Waals surface area contributed by atoms with Gasteiger partial charge in [-0.1, -0.05) is 13.8 Å². The van der Waals surface area contributed by atoms with Crippen molar-refractivity contribution in [3.05, 3.63) is 41.5 Å². The molecule has 0 aliphatic rings. The number of phenols is 3. The number of benzene rings is 2. The first-order chi connectivity index (χ1) is 8.99. The standard InChI is InChI=1S/C14H14O3.C2H6/c1-8-5-10(6-9(2)14(8)17)12-4-3-11(15)7-13(12)16;1-2/h3-7,15-17H,1-2H3;1-2H3. The first kappa shape index (κ1) is 14.9. The molecule has 102 valence electrons. The molecule has 0 aromatic heterocycles. The zero-order valence-corrected chi connectivity index (χ0v) is 11.7. The summed E-state index contributed by atoms with van der Waals surface area (Å²) in [5.74, 6) is 0.319. The Morgan fingerprint density at radius 1 is 0.789 bits per heavy atom. The summed E-state index contributed by atoms with van der Waals surface area (Å²) in [6, 6.07) is 8.07. The molecule has 0 atom stereocenters. The van der Waals surface area contributed by atoms with Crippen molar-refractivity contribution in [2.75, 3.05) is 0 Å². The van der Waals surface area contributed by atoms with Gasteiger partial charge in [-0.15, -0.1) is 0 Å². The highest BCUT2D eigenvalue weighted by Gasteiger charge is 2.09. The van der Waals surface area contributed by atoms with Gasteiger partial charge >= 0.3 is 0 Å². The number of rotatable bonds is 1. The van der Waals surface area contributed by atoms with Crippen molar-refractivity contribution in [1.29, 1.82) is 0 Å². The summed E-state index contributed by atoms with van der Waals surface area (Å²) < 4.78 is 0. The van der Waals surface area contributed by atoms with E-state index < -0.39 is 0 Å². The number of aromatic hydroxyl groups is 3. The molecule has 3 nitrogen and oxygen atoms in total. The van der Waals surface area contributed by atoms with Gasteiger partial charge in [0, 0.05) is 11.6 Å². The van der Waals surface area contributed by atoms with Gasteiger partial charge in [-0.3, -0.25) is 0 Å². The summed E-state index contributed by atoms with van der Waals surface area (Å²) in [4.78, 5) is 0. The van der Waals surface area contributed by atoms with Gasteiger partial charge in [0.15, 0.2) is 0 Å². The lowest BCUT2D eigenvalue weighted by molar-refractivity contribution is 0.451. The molecule has 2 aromatic rings. The van der Waals surface area contributed by atoms with Gasteiger partial charge in [0.25, 0.3) is 0 Å². The zero-order valence-electron chi connectivity index (χ0n) is 11.7. The Hall–Kier alpha value is -2.16. The van der Waals surface area contributed by atoms with Crippen LogP contribution >= 0.6 is 0 Å². The summed E-state index contributed by atoms with van der Waals surface area (Å²) in [5, 5.41) is 28.7. The maximum absolute atomic E-state index is 9.77. The Balaban J connectivity index is 0.000000861. The van der Waals surface area contributed by atoms with E-state index in [-0.39, 0.29) is 17.2 Å². The average molecular weight is 260 g/mol. The van der Waals surface area contributed by atoms with Crippen LogP contribution in [0.4, 0.5) is 0 Å². The highest BCUT2D eigenvalue weighted by molar-refractivity contribution is 5.73. The van der Waals surface area contributed by atoms with E-state index in [0.717, 1.165) is 16.7 Å². The Labute approximate surface area is 113 Å². The van der Waals surface area contributed by atoms with Gasteiger partial charge in [0.1, 0.15) is 17.2 Å². The fraction of sp³-hybridized carbons (Fsp3) is 0.250. The molecule has 0 saturated heterocycles. The van der Waals surface area contributed by atoms with Gasteiger partial charge in [0.05, 0.1) is 0 Å². The third-order valence-corrected chi connectivity index (χ3v) is 2.78. The van der Waals surface area contributed by atoms with Gasteiger partial charge in [-0.25, -0.2) is 0 Å². The Morgan fingerprint density at radius 3 is 1.79 bits per heavy atom. The minimum Gasteiger partial charge on any atom is -0.508 e. The van der Waals surface area contributed by atoms with Crippen LogP contribution in [-0.2, 0) is 0 Å². The fourth-order valence-electron chi connectivity index (χ4n) is 1.88. The van der Waals surface area contributed by atoms with Crippen molar-refractivity contribution in [2.24, 2.45) is 0 Å². The molecule has 0 unspecified atom stereocenters. The van der Waals surface area contributed by atoms with Crippen LogP contribution in [0, 0.1) is 13.8 Å². The lowest BCUT2D eigenvalue weighted by Gasteiger charge is -2.09. The zero-order chi connectivity index (χ0) is 14.6. The summed E-state index contributed by atoms with van der Waals surface area (Å²) in [7, 11) is 0. The fourth-order valence-corrected chi connectivity index (χ4v) is 1.88. The van der Waals surface area contributed by atoms with Crippen LogP contribution in [0.3, 0.4) is 0 Å². The molecule has 0 fully saturated rings. The molecule has 3 N–H and O–H groups in total. The molecule has 0 spiro atoms. The van der Waals surface area contributed by atoms with Crippen LogP contribution in [0.15, 0.2) is 30.3 Å². The maximum Gasteiger partial charge on any atom is 0.127 e. The normalized spacial score (nSPS) is 9.68. The van der Waals surface area contributed by atoms with E-state index in [2.05, 4.69) is 0 Å². The second kappa shape index (κ2) is 6.14. The molecule has 19 heavy (non-hydrogen) atoms. The number of hydrogen-bond acceptors (Lipinski definition) is 3. The second-order valence-corrected chi connectivity index (χ2v) is 4.16. The van der Waals surface area contributed by atoms with E-state index in [0.29, 0.717) is 5.56 Å². The van der Waals surface area contributed by atoms with E-state index in [4.69, 9.17) is 0 Å². The number of aryl methyl sites for hydroxylation is 2. The van der Waals surface area contributed by atoms with Crippen molar-refractivity contribution in [3.63, 3.8) is 0 Å². The topological polar surface area (TPSA) is 60.7 Å². The Bertz CT molecular complexity index is 551. The number of phenolic OH excluding ortho intramolecular Hbond substituents is 3. The quantitative estimate of drug-likeness (QED) is 0.723. The summed E-state index contributed by atoms with van der Waals surface area (Å²) in [6.45, 7) is 7.62. The Kier molecular flexibility index (Phi) is 4.81. The summed E-state index contributed by atoms with van der Waals surface area (Å²) in [6.07, 6.45) is 0. The maximum atomic E-state index is 9.77. The van der Waals surface area contributed by atoms with Crippen LogP contribution in [0.1, 0.15) is 25.0 Å². The monoisotopic (exact) mass is 260 g/mol. The molecule has 0 amide bonds. The minimum atomic E-state index is 0.0227. The van der Waals surface area contributed by atoms with Crippen molar-refractivity contribution in [1.82, 2.24) is 0 Å². The lowest BCUT2D eigenvalue weighted by Crippen LogP contribution is -1.85. The first-order valence-electron chi connectivity index (χ1n) is 6.31. The Morgan fingerprint density at radius 2 is 1.32 bits per heavy atom. The predicted molar refractivity (Wildman–Crippen MR) is 77.7 cm³/mol. The van der Waals surface area contributed by atoms with Crippen LogP contribution in [0.25, 0.3) is 11.1 Å². The summed E-state index contributed by atoms with van der Waals surface area (Å²) >= 11 is 0. The molecular weight excluding hydrogens is 240 g/mol. The molecule has 3 heteroatoms. The van der Waals surface area contributed by atoms with Gasteiger partial charge in [-0.2, -0.15) is 0 Å². The van der Waals surface area contributed by atoms with Gasteiger partial charge in [0.2, 0.25) is 0 Å². The third kappa shape index (κ3) is 3.19.